The van der Waals surface area contributed by atoms with Crippen LogP contribution in [0.3, 0.4) is 0 Å². The number of aromatic nitrogens is 3. The molecule has 28 heavy (non-hydrogen) atoms. The Morgan fingerprint density at radius 2 is 2.07 bits per heavy atom. The first-order valence-corrected chi connectivity index (χ1v) is 9.58. The van der Waals surface area contributed by atoms with Crippen LogP contribution in [0.5, 0.6) is 5.75 Å². The molecule has 0 atom stereocenters. The number of nitrogens with zero attached hydrogens (tertiary/aromatic N) is 2. The minimum Gasteiger partial charge on any atom is -0.495 e. The molecule has 0 saturated carbocycles. The van der Waals surface area contributed by atoms with E-state index in [1.807, 2.05) is 47.9 Å². The van der Waals surface area contributed by atoms with Crippen molar-refractivity contribution in [3.63, 3.8) is 0 Å². The van der Waals surface area contributed by atoms with Gasteiger partial charge in [-0.25, -0.2) is 0 Å². The summed E-state index contributed by atoms with van der Waals surface area (Å²) in [4.78, 5) is 17.8. The van der Waals surface area contributed by atoms with E-state index in [0.717, 1.165) is 21.3 Å². The third-order valence-electron chi connectivity index (χ3n) is 4.30. The Labute approximate surface area is 165 Å². The Balaban J connectivity index is 1.66. The molecular formula is C21H18N4O2S. The van der Waals surface area contributed by atoms with Gasteiger partial charge in [-0.3, -0.25) is 14.9 Å². The van der Waals surface area contributed by atoms with E-state index < -0.39 is 0 Å². The number of benzene rings is 1. The average molecular weight is 390 g/mol. The van der Waals surface area contributed by atoms with Crippen LogP contribution in [0.1, 0.15) is 26.5 Å². The summed E-state index contributed by atoms with van der Waals surface area (Å²) in [6, 6.07) is 11.4. The van der Waals surface area contributed by atoms with Crippen LogP contribution < -0.4 is 10.1 Å². The second-order valence-corrected chi connectivity index (χ2v) is 7.09. The third-order valence-corrected chi connectivity index (χ3v) is 5.18. The zero-order chi connectivity index (χ0) is 19.3. The summed E-state index contributed by atoms with van der Waals surface area (Å²) < 4.78 is 5.61. The maximum atomic E-state index is 12.7. The van der Waals surface area contributed by atoms with Crippen molar-refractivity contribution >= 4 is 40.3 Å². The molecule has 4 aromatic rings. The van der Waals surface area contributed by atoms with Gasteiger partial charge in [0.15, 0.2) is 0 Å². The Bertz CT molecular complexity index is 1120. The van der Waals surface area contributed by atoms with Gasteiger partial charge in [-0.2, -0.15) is 5.10 Å². The standard InChI is InChI=1S/C21H18N4O2S/c1-27-20-16(21(26)23-13-15-3-2-12-28-15)5-7-18-19(20)17(24-25-18)6-4-14-8-10-22-11-9-14/h2-12H,13H2,1H3,(H,23,26)(H,24,25). The molecule has 2 N–H and O–H groups in total. The van der Waals surface area contributed by atoms with E-state index in [1.54, 1.807) is 36.9 Å². The van der Waals surface area contributed by atoms with Gasteiger partial charge >= 0.3 is 0 Å². The fourth-order valence-electron chi connectivity index (χ4n) is 2.94. The molecule has 0 aliphatic rings. The summed E-state index contributed by atoms with van der Waals surface area (Å²) in [6.45, 7) is 0.484. The number of aromatic amines is 1. The summed E-state index contributed by atoms with van der Waals surface area (Å²) in [6.07, 6.45) is 7.31. The van der Waals surface area contributed by atoms with Crippen molar-refractivity contribution in [2.24, 2.45) is 0 Å². The summed E-state index contributed by atoms with van der Waals surface area (Å²) >= 11 is 1.61. The molecule has 6 nitrogen and oxygen atoms in total. The fraction of sp³-hybridized carbons (Fsp3) is 0.0952. The highest BCUT2D eigenvalue weighted by Gasteiger charge is 2.18. The molecule has 3 aromatic heterocycles. The van der Waals surface area contributed by atoms with Gasteiger partial charge in [0.2, 0.25) is 0 Å². The molecule has 0 fully saturated rings. The third kappa shape index (κ3) is 3.65. The summed E-state index contributed by atoms with van der Waals surface area (Å²) in [5.41, 5.74) is 3.00. The number of carbonyl (C=O) groups excluding carboxylic acids is 1. The zero-order valence-corrected chi connectivity index (χ0v) is 16.0. The van der Waals surface area contributed by atoms with Crippen molar-refractivity contribution in [3.05, 3.63) is 75.9 Å². The molecule has 7 heteroatoms. The number of amides is 1. The monoisotopic (exact) mass is 390 g/mol. The number of pyridine rings is 1. The van der Waals surface area contributed by atoms with Crippen molar-refractivity contribution in [2.45, 2.75) is 6.54 Å². The SMILES string of the molecule is COc1c(C(=O)NCc2cccs2)ccc2[nH]nc(C=Cc3ccncc3)c12. The summed E-state index contributed by atoms with van der Waals surface area (Å²) in [5, 5.41) is 13.1. The molecule has 0 radical (unpaired) electrons. The van der Waals surface area contributed by atoms with Crippen LogP contribution in [0.15, 0.2) is 54.2 Å². The van der Waals surface area contributed by atoms with Crippen molar-refractivity contribution in [1.29, 1.82) is 0 Å². The number of ether oxygens (including phenoxy) is 1. The number of methoxy groups -OCH3 is 1. The lowest BCUT2D eigenvalue weighted by atomic mass is 10.1. The lowest BCUT2D eigenvalue weighted by Gasteiger charge is -2.10. The maximum Gasteiger partial charge on any atom is 0.255 e. The molecule has 0 saturated heterocycles. The van der Waals surface area contributed by atoms with Gasteiger partial charge in [0.25, 0.3) is 5.91 Å². The lowest BCUT2D eigenvalue weighted by molar-refractivity contribution is 0.0948. The predicted molar refractivity (Wildman–Crippen MR) is 111 cm³/mol. The highest BCUT2D eigenvalue weighted by atomic mass is 32.1. The first-order chi connectivity index (χ1) is 13.8. The lowest BCUT2D eigenvalue weighted by Crippen LogP contribution is -2.22. The Morgan fingerprint density at radius 1 is 1.21 bits per heavy atom. The average Bonchev–Trinajstić information content (AvgIpc) is 3.40. The smallest absolute Gasteiger partial charge is 0.255 e. The minimum absolute atomic E-state index is 0.183. The van der Waals surface area contributed by atoms with E-state index in [9.17, 15) is 4.79 Å². The minimum atomic E-state index is -0.183. The molecule has 0 unspecified atom stereocenters. The normalized spacial score (nSPS) is 11.2. The van der Waals surface area contributed by atoms with Crippen LogP contribution in [0.4, 0.5) is 0 Å². The molecule has 4 rings (SSSR count). The van der Waals surface area contributed by atoms with Gasteiger partial charge in [0.1, 0.15) is 5.75 Å². The number of H-pyrrole nitrogens is 1. The van der Waals surface area contributed by atoms with Crippen LogP contribution in [0, 0.1) is 0 Å². The van der Waals surface area contributed by atoms with Crippen molar-refractivity contribution in [1.82, 2.24) is 20.5 Å². The van der Waals surface area contributed by atoms with Gasteiger partial charge < -0.3 is 10.1 Å². The highest BCUT2D eigenvalue weighted by Crippen LogP contribution is 2.32. The molecule has 0 aliphatic carbocycles. The second-order valence-electron chi connectivity index (χ2n) is 6.05. The number of hydrogen-bond donors (Lipinski definition) is 2. The highest BCUT2D eigenvalue weighted by molar-refractivity contribution is 7.09. The summed E-state index contributed by atoms with van der Waals surface area (Å²) in [7, 11) is 1.56. The first kappa shape index (κ1) is 17.9. The Morgan fingerprint density at radius 3 is 2.82 bits per heavy atom. The van der Waals surface area contributed by atoms with Gasteiger partial charge in [-0.1, -0.05) is 12.1 Å². The second kappa shape index (κ2) is 8.06. The number of thiophene rings is 1. The molecular weight excluding hydrogens is 372 g/mol. The van der Waals surface area contributed by atoms with Gasteiger partial charge in [-0.05, 0) is 47.4 Å². The number of nitrogens with one attached hydrogen (secondary N) is 2. The van der Waals surface area contributed by atoms with Crippen LogP contribution in [0.2, 0.25) is 0 Å². The predicted octanol–water partition coefficient (Wildman–Crippen LogP) is 4.13. The van der Waals surface area contributed by atoms with Gasteiger partial charge in [0, 0.05) is 17.3 Å². The van der Waals surface area contributed by atoms with Gasteiger partial charge in [-0.15, -0.1) is 11.3 Å². The molecule has 3 heterocycles. The van der Waals surface area contributed by atoms with Crippen LogP contribution in [-0.4, -0.2) is 28.2 Å². The van der Waals surface area contributed by atoms with E-state index in [0.29, 0.717) is 23.6 Å². The van der Waals surface area contributed by atoms with Crippen molar-refractivity contribution < 1.29 is 9.53 Å². The molecule has 140 valence electrons. The van der Waals surface area contributed by atoms with E-state index in [1.165, 1.54) is 0 Å². The molecule has 1 aromatic carbocycles. The van der Waals surface area contributed by atoms with Crippen LogP contribution in [-0.2, 0) is 6.54 Å². The number of hydrogen-bond acceptors (Lipinski definition) is 5. The molecule has 0 spiro atoms. The molecule has 1 amide bonds. The summed E-state index contributed by atoms with van der Waals surface area (Å²) in [5.74, 6) is 0.321. The maximum absolute atomic E-state index is 12.7. The van der Waals surface area contributed by atoms with E-state index in [-0.39, 0.29) is 5.91 Å². The van der Waals surface area contributed by atoms with Crippen molar-refractivity contribution in [2.75, 3.05) is 7.11 Å². The topological polar surface area (TPSA) is 79.9 Å². The Hall–Kier alpha value is -3.45. The molecule has 0 aliphatic heterocycles. The first-order valence-electron chi connectivity index (χ1n) is 8.70. The molecule has 0 bridgehead atoms. The van der Waals surface area contributed by atoms with Crippen molar-refractivity contribution in [3.8, 4) is 5.75 Å². The number of fused-ring (bicyclic) bond motifs is 1. The number of rotatable bonds is 6. The Kier molecular flexibility index (Phi) is 5.16. The zero-order valence-electron chi connectivity index (χ0n) is 15.2. The fourth-order valence-corrected chi connectivity index (χ4v) is 3.59. The van der Waals surface area contributed by atoms with Crippen LogP contribution >= 0.6 is 11.3 Å². The van der Waals surface area contributed by atoms with Gasteiger partial charge in [0.05, 0.1) is 35.8 Å². The van der Waals surface area contributed by atoms with Crippen LogP contribution in [0.25, 0.3) is 23.1 Å². The number of carbonyl (C=O) groups is 1. The largest absolute Gasteiger partial charge is 0.495 e. The van der Waals surface area contributed by atoms with E-state index in [4.69, 9.17) is 4.74 Å². The van der Waals surface area contributed by atoms with E-state index >= 15 is 0 Å². The van der Waals surface area contributed by atoms with E-state index in [2.05, 4.69) is 20.5 Å². The quantitative estimate of drug-likeness (QED) is 0.519.